The molecule has 1 aromatic rings. The zero-order valence-electron chi connectivity index (χ0n) is 11.5. The average molecular weight is 253 g/mol. The van der Waals surface area contributed by atoms with Crippen molar-refractivity contribution in [1.82, 2.24) is 9.97 Å². The van der Waals surface area contributed by atoms with E-state index in [0.717, 1.165) is 12.0 Å². The number of hydrazine groups is 1. The molecule has 0 aromatic carbocycles. The van der Waals surface area contributed by atoms with Crippen LogP contribution in [-0.2, 0) is 0 Å². The molecule has 0 fully saturated rings. The fourth-order valence-electron chi connectivity index (χ4n) is 2.00. The van der Waals surface area contributed by atoms with Gasteiger partial charge in [-0.1, -0.05) is 13.8 Å². The Morgan fingerprint density at radius 2 is 2.00 bits per heavy atom. The van der Waals surface area contributed by atoms with Crippen LogP contribution in [0.5, 0.6) is 0 Å². The predicted octanol–water partition coefficient (Wildman–Crippen LogP) is 1.28. The van der Waals surface area contributed by atoms with E-state index in [0.29, 0.717) is 24.1 Å². The van der Waals surface area contributed by atoms with Crippen molar-refractivity contribution in [3.8, 4) is 0 Å². The minimum absolute atomic E-state index is 0.438. The van der Waals surface area contributed by atoms with Gasteiger partial charge in [0.15, 0.2) is 0 Å². The second-order valence-electron chi connectivity index (χ2n) is 5.29. The molecule has 0 bridgehead atoms. The number of anilines is 2. The first kappa shape index (κ1) is 14.7. The van der Waals surface area contributed by atoms with Gasteiger partial charge in [-0.25, -0.2) is 15.8 Å². The van der Waals surface area contributed by atoms with Crippen LogP contribution in [-0.4, -0.2) is 27.2 Å². The van der Waals surface area contributed by atoms with E-state index in [1.165, 1.54) is 6.33 Å². The lowest BCUT2D eigenvalue weighted by Crippen LogP contribution is -2.35. The standard InChI is InChI=1S/C12H23N5O/c1-8(2)5-12(4,18)6-14-10-9(3)11(17-13)16-7-15-10/h7-8,18H,5-6,13H2,1-4H3,(H2,14,15,16,17). The smallest absolute Gasteiger partial charge is 0.148 e. The maximum atomic E-state index is 10.2. The molecule has 102 valence electrons. The Kier molecular flexibility index (Phi) is 4.86. The van der Waals surface area contributed by atoms with Gasteiger partial charge >= 0.3 is 0 Å². The van der Waals surface area contributed by atoms with Gasteiger partial charge in [-0.3, -0.25) is 0 Å². The van der Waals surface area contributed by atoms with E-state index in [2.05, 4.69) is 34.6 Å². The van der Waals surface area contributed by atoms with Gasteiger partial charge in [0.1, 0.15) is 18.0 Å². The van der Waals surface area contributed by atoms with Crippen LogP contribution in [0.15, 0.2) is 6.33 Å². The molecule has 0 aliphatic rings. The van der Waals surface area contributed by atoms with E-state index in [1.54, 1.807) is 0 Å². The van der Waals surface area contributed by atoms with Crippen LogP contribution in [0.4, 0.5) is 11.6 Å². The first-order valence-electron chi connectivity index (χ1n) is 6.10. The van der Waals surface area contributed by atoms with Gasteiger partial charge < -0.3 is 15.8 Å². The van der Waals surface area contributed by atoms with Crippen molar-refractivity contribution >= 4 is 11.6 Å². The molecule has 1 aromatic heterocycles. The summed E-state index contributed by atoms with van der Waals surface area (Å²) in [4.78, 5) is 8.14. The van der Waals surface area contributed by atoms with Crippen LogP contribution >= 0.6 is 0 Å². The number of nitrogens with zero attached hydrogens (tertiary/aromatic N) is 2. The highest BCUT2D eigenvalue weighted by Gasteiger charge is 2.22. The number of nitrogen functional groups attached to an aromatic ring is 1. The van der Waals surface area contributed by atoms with Crippen molar-refractivity contribution in [2.75, 3.05) is 17.3 Å². The molecule has 1 unspecified atom stereocenters. The minimum atomic E-state index is -0.762. The van der Waals surface area contributed by atoms with Gasteiger partial charge in [0.05, 0.1) is 5.60 Å². The lowest BCUT2D eigenvalue weighted by atomic mass is 9.94. The van der Waals surface area contributed by atoms with Crippen molar-refractivity contribution in [3.05, 3.63) is 11.9 Å². The molecule has 1 atom stereocenters. The number of rotatable bonds is 6. The Bertz CT molecular complexity index is 392. The SMILES string of the molecule is Cc1c(NN)ncnc1NCC(C)(O)CC(C)C. The zero-order chi connectivity index (χ0) is 13.8. The number of nitrogens with two attached hydrogens (primary N) is 1. The van der Waals surface area contributed by atoms with Gasteiger partial charge in [-0.05, 0) is 26.2 Å². The van der Waals surface area contributed by atoms with Crippen LogP contribution in [0, 0.1) is 12.8 Å². The quantitative estimate of drug-likeness (QED) is 0.450. The molecule has 1 rings (SSSR count). The van der Waals surface area contributed by atoms with E-state index in [-0.39, 0.29) is 0 Å². The van der Waals surface area contributed by atoms with E-state index in [9.17, 15) is 5.11 Å². The molecule has 1 heterocycles. The second kappa shape index (κ2) is 5.97. The molecule has 6 nitrogen and oxygen atoms in total. The fraction of sp³-hybridized carbons (Fsp3) is 0.667. The van der Waals surface area contributed by atoms with E-state index in [4.69, 9.17) is 5.84 Å². The van der Waals surface area contributed by atoms with Crippen LogP contribution in [0.25, 0.3) is 0 Å². The first-order valence-corrected chi connectivity index (χ1v) is 6.10. The van der Waals surface area contributed by atoms with E-state index >= 15 is 0 Å². The summed E-state index contributed by atoms with van der Waals surface area (Å²) in [5.74, 6) is 7.05. The Balaban J connectivity index is 2.69. The summed E-state index contributed by atoms with van der Waals surface area (Å²) in [6.45, 7) is 8.29. The van der Waals surface area contributed by atoms with Crippen molar-refractivity contribution in [2.24, 2.45) is 11.8 Å². The summed E-state index contributed by atoms with van der Waals surface area (Å²) in [6.07, 6.45) is 2.16. The summed E-state index contributed by atoms with van der Waals surface area (Å²) in [7, 11) is 0. The highest BCUT2D eigenvalue weighted by Crippen LogP contribution is 2.20. The normalized spacial score (nSPS) is 14.4. The zero-order valence-corrected chi connectivity index (χ0v) is 11.5. The van der Waals surface area contributed by atoms with Gasteiger partial charge in [0.2, 0.25) is 0 Å². The fourth-order valence-corrected chi connectivity index (χ4v) is 2.00. The summed E-state index contributed by atoms with van der Waals surface area (Å²) in [5.41, 5.74) is 2.58. The highest BCUT2D eigenvalue weighted by molar-refractivity contribution is 5.55. The molecule has 0 aliphatic carbocycles. The van der Waals surface area contributed by atoms with Gasteiger partial charge in [-0.15, -0.1) is 0 Å². The summed E-state index contributed by atoms with van der Waals surface area (Å²) in [5, 5.41) is 13.4. The van der Waals surface area contributed by atoms with Crippen LogP contribution in [0.2, 0.25) is 0 Å². The highest BCUT2D eigenvalue weighted by atomic mass is 16.3. The molecule has 0 saturated heterocycles. The number of aromatic nitrogens is 2. The lowest BCUT2D eigenvalue weighted by molar-refractivity contribution is 0.0514. The molecule has 0 saturated carbocycles. The topological polar surface area (TPSA) is 96.1 Å². The van der Waals surface area contributed by atoms with Crippen molar-refractivity contribution < 1.29 is 5.11 Å². The minimum Gasteiger partial charge on any atom is -0.388 e. The molecule has 0 aliphatic heterocycles. The maximum Gasteiger partial charge on any atom is 0.148 e. The Hall–Kier alpha value is -1.40. The van der Waals surface area contributed by atoms with Crippen LogP contribution in [0.3, 0.4) is 0 Å². The Morgan fingerprint density at radius 1 is 1.39 bits per heavy atom. The molecule has 5 N–H and O–H groups in total. The van der Waals surface area contributed by atoms with Gasteiger partial charge in [-0.2, -0.15) is 0 Å². The number of nitrogens with one attached hydrogen (secondary N) is 2. The first-order chi connectivity index (χ1) is 8.35. The summed E-state index contributed by atoms with van der Waals surface area (Å²) < 4.78 is 0. The van der Waals surface area contributed by atoms with Crippen LogP contribution in [0.1, 0.15) is 32.8 Å². The third kappa shape index (κ3) is 4.12. The van der Waals surface area contributed by atoms with Gasteiger partial charge in [0, 0.05) is 12.1 Å². The van der Waals surface area contributed by atoms with Crippen molar-refractivity contribution in [3.63, 3.8) is 0 Å². The molecule has 0 spiro atoms. The Morgan fingerprint density at radius 3 is 2.56 bits per heavy atom. The molecule has 6 heteroatoms. The predicted molar refractivity (Wildman–Crippen MR) is 73.1 cm³/mol. The molecule has 0 radical (unpaired) electrons. The van der Waals surface area contributed by atoms with Crippen molar-refractivity contribution in [1.29, 1.82) is 0 Å². The molecular weight excluding hydrogens is 230 g/mol. The second-order valence-corrected chi connectivity index (χ2v) is 5.29. The number of aliphatic hydroxyl groups is 1. The summed E-state index contributed by atoms with van der Waals surface area (Å²) >= 11 is 0. The number of hydrogen-bond donors (Lipinski definition) is 4. The third-order valence-corrected chi connectivity index (χ3v) is 2.71. The summed E-state index contributed by atoms with van der Waals surface area (Å²) in [6, 6.07) is 0. The van der Waals surface area contributed by atoms with Crippen molar-refractivity contribution in [2.45, 2.75) is 39.7 Å². The van der Waals surface area contributed by atoms with E-state index < -0.39 is 5.60 Å². The largest absolute Gasteiger partial charge is 0.388 e. The number of hydrogen-bond acceptors (Lipinski definition) is 6. The Labute approximate surface area is 108 Å². The molecule has 0 amide bonds. The monoisotopic (exact) mass is 253 g/mol. The van der Waals surface area contributed by atoms with Crippen LogP contribution < -0.4 is 16.6 Å². The maximum absolute atomic E-state index is 10.2. The molecular formula is C12H23N5O. The van der Waals surface area contributed by atoms with E-state index in [1.807, 2.05) is 13.8 Å². The van der Waals surface area contributed by atoms with Gasteiger partial charge in [0.25, 0.3) is 0 Å². The average Bonchev–Trinajstić information content (AvgIpc) is 2.26. The lowest BCUT2D eigenvalue weighted by Gasteiger charge is -2.26. The molecule has 18 heavy (non-hydrogen) atoms. The third-order valence-electron chi connectivity index (χ3n) is 2.71.